The maximum Gasteiger partial charge on any atom is 0.0410 e. The van der Waals surface area contributed by atoms with Crippen molar-refractivity contribution in [1.82, 2.24) is 9.69 Å². The highest BCUT2D eigenvalue weighted by molar-refractivity contribution is 7.99. The molecule has 0 atom stereocenters. The quantitative estimate of drug-likeness (QED) is 0.739. The van der Waals surface area contributed by atoms with E-state index in [1.165, 1.54) is 10.6 Å². The van der Waals surface area contributed by atoms with Gasteiger partial charge in [0.25, 0.3) is 0 Å². The minimum Gasteiger partial charge on any atom is -0.311 e. The topological polar surface area (TPSA) is 24.9 Å². The maximum absolute atomic E-state index is 4.05. The second-order valence-electron chi connectivity index (χ2n) is 3.08. The van der Waals surface area contributed by atoms with E-state index in [0.717, 1.165) is 18.3 Å². The fourth-order valence-corrected chi connectivity index (χ4v) is 2.19. The minimum absolute atomic E-state index is 0.741. The first-order valence-corrected chi connectivity index (χ1v) is 6.33. The fraction of sp³-hybridized carbons (Fsp3) is 0.667. The lowest BCUT2D eigenvalue weighted by Crippen LogP contribution is -2.16. The van der Waals surface area contributed by atoms with Crippen molar-refractivity contribution in [2.24, 2.45) is 0 Å². The van der Waals surface area contributed by atoms with Gasteiger partial charge < -0.3 is 5.32 Å². The van der Waals surface area contributed by atoms with Crippen LogP contribution in [0, 0.1) is 0 Å². The predicted molar refractivity (Wildman–Crippen MR) is 61.4 cm³/mol. The molecule has 0 fully saturated rings. The molecule has 0 radical (unpaired) electrons. The Morgan fingerprint density at radius 2 is 2.46 bits per heavy atom. The van der Waals surface area contributed by atoms with Crippen LogP contribution >= 0.6 is 23.3 Å². The molecule has 0 aromatic carbocycles. The molecule has 0 saturated carbocycles. The average Bonchev–Trinajstić information content (AvgIpc) is 2.55. The van der Waals surface area contributed by atoms with Crippen molar-refractivity contribution in [2.45, 2.75) is 25.6 Å². The SMILES string of the molecule is CC(C)SCCNCc1ccns1. The Balaban J connectivity index is 1.96. The Bertz CT molecular complexity index is 209. The summed E-state index contributed by atoms with van der Waals surface area (Å²) in [6.07, 6.45) is 1.85. The summed E-state index contributed by atoms with van der Waals surface area (Å²) in [7, 11) is 0. The molecule has 0 saturated heterocycles. The van der Waals surface area contributed by atoms with E-state index in [4.69, 9.17) is 0 Å². The predicted octanol–water partition coefficient (Wildman–Crippen LogP) is 2.37. The summed E-state index contributed by atoms with van der Waals surface area (Å²) >= 11 is 3.56. The van der Waals surface area contributed by atoms with E-state index in [-0.39, 0.29) is 0 Å². The lowest BCUT2D eigenvalue weighted by atomic mass is 10.5. The molecule has 0 amide bonds. The second-order valence-corrected chi connectivity index (χ2v) is 5.68. The zero-order valence-corrected chi connectivity index (χ0v) is 9.75. The van der Waals surface area contributed by atoms with Crippen LogP contribution in [0.2, 0.25) is 0 Å². The first-order valence-electron chi connectivity index (χ1n) is 4.51. The van der Waals surface area contributed by atoms with Gasteiger partial charge in [0.15, 0.2) is 0 Å². The average molecular weight is 216 g/mol. The first-order chi connectivity index (χ1) is 6.29. The van der Waals surface area contributed by atoms with Crippen LogP contribution in [-0.2, 0) is 6.54 Å². The van der Waals surface area contributed by atoms with Gasteiger partial charge in [-0.15, -0.1) is 0 Å². The Kier molecular flexibility index (Phi) is 5.43. The molecule has 0 aliphatic rings. The van der Waals surface area contributed by atoms with Crippen molar-refractivity contribution in [2.75, 3.05) is 12.3 Å². The monoisotopic (exact) mass is 216 g/mol. The zero-order valence-electron chi connectivity index (χ0n) is 8.12. The number of aromatic nitrogens is 1. The third kappa shape index (κ3) is 5.29. The van der Waals surface area contributed by atoms with Gasteiger partial charge in [-0.05, 0) is 22.8 Å². The molecule has 13 heavy (non-hydrogen) atoms. The van der Waals surface area contributed by atoms with Crippen molar-refractivity contribution >= 4 is 23.3 Å². The summed E-state index contributed by atoms with van der Waals surface area (Å²) in [5, 5.41) is 4.13. The number of nitrogens with one attached hydrogen (secondary N) is 1. The number of hydrogen-bond acceptors (Lipinski definition) is 4. The van der Waals surface area contributed by atoms with Gasteiger partial charge in [0.05, 0.1) is 0 Å². The van der Waals surface area contributed by atoms with Crippen LogP contribution in [0.1, 0.15) is 18.7 Å². The van der Waals surface area contributed by atoms with E-state index >= 15 is 0 Å². The lowest BCUT2D eigenvalue weighted by Gasteiger charge is -2.04. The number of thioether (sulfide) groups is 1. The van der Waals surface area contributed by atoms with E-state index < -0.39 is 0 Å². The van der Waals surface area contributed by atoms with Crippen molar-refractivity contribution in [1.29, 1.82) is 0 Å². The minimum atomic E-state index is 0.741. The molecule has 0 spiro atoms. The summed E-state index contributed by atoms with van der Waals surface area (Å²) < 4.78 is 4.05. The Morgan fingerprint density at radius 1 is 1.62 bits per heavy atom. The molecule has 1 aromatic rings. The van der Waals surface area contributed by atoms with Crippen LogP contribution in [0.5, 0.6) is 0 Å². The van der Waals surface area contributed by atoms with Crippen molar-refractivity contribution in [3.8, 4) is 0 Å². The molecule has 0 bridgehead atoms. The highest BCUT2D eigenvalue weighted by Crippen LogP contribution is 2.07. The number of hydrogen-bond donors (Lipinski definition) is 1. The number of nitrogens with zero attached hydrogens (tertiary/aromatic N) is 1. The molecule has 0 aliphatic heterocycles. The van der Waals surface area contributed by atoms with Gasteiger partial charge in [0.1, 0.15) is 0 Å². The van der Waals surface area contributed by atoms with E-state index in [1.807, 2.05) is 18.0 Å². The van der Waals surface area contributed by atoms with E-state index in [2.05, 4.69) is 29.6 Å². The van der Waals surface area contributed by atoms with E-state index in [1.54, 1.807) is 11.5 Å². The fourth-order valence-electron chi connectivity index (χ4n) is 0.912. The van der Waals surface area contributed by atoms with Crippen LogP contribution in [0.3, 0.4) is 0 Å². The summed E-state index contributed by atoms with van der Waals surface area (Å²) in [4.78, 5) is 1.31. The molecule has 2 nitrogen and oxygen atoms in total. The van der Waals surface area contributed by atoms with Gasteiger partial charge >= 0.3 is 0 Å². The van der Waals surface area contributed by atoms with Crippen molar-refractivity contribution < 1.29 is 0 Å². The lowest BCUT2D eigenvalue weighted by molar-refractivity contribution is 0.740. The Hall–Kier alpha value is -0.0600. The highest BCUT2D eigenvalue weighted by Gasteiger charge is 1.95. The van der Waals surface area contributed by atoms with Gasteiger partial charge in [-0.3, -0.25) is 0 Å². The second kappa shape index (κ2) is 6.40. The van der Waals surface area contributed by atoms with Crippen LogP contribution in [0.15, 0.2) is 12.3 Å². The number of rotatable bonds is 6. The molecular weight excluding hydrogens is 200 g/mol. The van der Waals surface area contributed by atoms with E-state index in [9.17, 15) is 0 Å². The Morgan fingerprint density at radius 3 is 3.08 bits per heavy atom. The van der Waals surface area contributed by atoms with Crippen LogP contribution < -0.4 is 5.32 Å². The standard InChI is InChI=1S/C9H16N2S2/c1-8(2)12-6-5-10-7-9-3-4-11-13-9/h3-4,8,10H,5-7H2,1-2H3. The molecule has 74 valence electrons. The molecule has 0 aliphatic carbocycles. The van der Waals surface area contributed by atoms with Crippen molar-refractivity contribution in [3.05, 3.63) is 17.1 Å². The van der Waals surface area contributed by atoms with Crippen LogP contribution in [0.4, 0.5) is 0 Å². The summed E-state index contributed by atoms with van der Waals surface area (Å²) in [5.74, 6) is 1.19. The van der Waals surface area contributed by atoms with Crippen LogP contribution in [0.25, 0.3) is 0 Å². The summed E-state index contributed by atoms with van der Waals surface area (Å²) in [6.45, 7) is 6.51. The Labute approximate surface area is 88.3 Å². The largest absolute Gasteiger partial charge is 0.311 e. The van der Waals surface area contributed by atoms with Gasteiger partial charge in [-0.25, -0.2) is 4.37 Å². The van der Waals surface area contributed by atoms with Gasteiger partial charge in [0, 0.05) is 29.9 Å². The smallest absolute Gasteiger partial charge is 0.0410 e. The van der Waals surface area contributed by atoms with Crippen LogP contribution in [-0.4, -0.2) is 21.9 Å². The third-order valence-corrected chi connectivity index (χ3v) is 3.37. The van der Waals surface area contributed by atoms with E-state index in [0.29, 0.717) is 0 Å². The van der Waals surface area contributed by atoms with Crippen molar-refractivity contribution in [3.63, 3.8) is 0 Å². The third-order valence-electron chi connectivity index (χ3n) is 1.52. The highest BCUT2D eigenvalue weighted by atomic mass is 32.2. The molecule has 1 N–H and O–H groups in total. The first kappa shape index (κ1) is 11.0. The molecule has 1 rings (SSSR count). The summed E-state index contributed by atoms with van der Waals surface area (Å²) in [5.41, 5.74) is 0. The van der Waals surface area contributed by atoms with Gasteiger partial charge in [-0.2, -0.15) is 11.8 Å². The molecule has 4 heteroatoms. The van der Waals surface area contributed by atoms with Gasteiger partial charge in [-0.1, -0.05) is 13.8 Å². The summed E-state index contributed by atoms with van der Waals surface area (Å²) in [6, 6.07) is 2.06. The normalized spacial score (nSPS) is 11.0. The molecule has 0 unspecified atom stereocenters. The molecular formula is C9H16N2S2. The molecule has 1 aromatic heterocycles. The van der Waals surface area contributed by atoms with Gasteiger partial charge in [0.2, 0.25) is 0 Å². The zero-order chi connectivity index (χ0) is 9.52. The maximum atomic E-state index is 4.05. The molecule has 1 heterocycles.